The highest BCUT2D eigenvalue weighted by Gasteiger charge is 2.46. The summed E-state index contributed by atoms with van der Waals surface area (Å²) in [7, 11) is 0. The Kier molecular flexibility index (Phi) is 6.18. The summed E-state index contributed by atoms with van der Waals surface area (Å²) in [5.74, 6) is 1.85. The van der Waals surface area contributed by atoms with Gasteiger partial charge in [0.1, 0.15) is 5.67 Å². The van der Waals surface area contributed by atoms with Gasteiger partial charge in [-0.25, -0.2) is 4.39 Å². The lowest BCUT2D eigenvalue weighted by atomic mass is 9.63. The lowest BCUT2D eigenvalue weighted by Gasteiger charge is -2.45. The lowest BCUT2D eigenvalue weighted by molar-refractivity contribution is -0.0495. The molecule has 0 radical (unpaired) electrons. The van der Waals surface area contributed by atoms with Gasteiger partial charge in [-0.1, -0.05) is 55.4 Å². The quantitative estimate of drug-likeness (QED) is 0.573. The van der Waals surface area contributed by atoms with Gasteiger partial charge in [0.25, 0.3) is 0 Å². The van der Waals surface area contributed by atoms with E-state index in [9.17, 15) is 0 Å². The van der Waals surface area contributed by atoms with Crippen LogP contribution in [0.25, 0.3) is 0 Å². The van der Waals surface area contributed by atoms with Crippen molar-refractivity contribution in [1.29, 1.82) is 0 Å². The van der Waals surface area contributed by atoms with Crippen LogP contribution in [0.2, 0.25) is 0 Å². The third-order valence-electron chi connectivity index (χ3n) is 4.18. The molecule has 0 amide bonds. The second-order valence-electron chi connectivity index (χ2n) is 7.18. The van der Waals surface area contributed by atoms with E-state index in [4.69, 9.17) is 0 Å². The Balaban J connectivity index is 5.30. The van der Waals surface area contributed by atoms with Crippen LogP contribution in [0.3, 0.4) is 0 Å². The van der Waals surface area contributed by atoms with Crippen LogP contribution in [0.4, 0.5) is 4.39 Å². The Morgan fingerprint density at radius 3 is 0.882 bits per heavy atom. The first-order valence-electron chi connectivity index (χ1n) is 7.22. The van der Waals surface area contributed by atoms with Crippen LogP contribution in [0, 0.1) is 35.5 Å². The van der Waals surface area contributed by atoms with Crippen LogP contribution < -0.4 is 0 Å². The fourth-order valence-corrected chi connectivity index (χ4v) is 4.37. The summed E-state index contributed by atoms with van der Waals surface area (Å²) in [6.07, 6.45) is 0. The van der Waals surface area contributed by atoms with Gasteiger partial charge >= 0.3 is 0 Å². The smallest absolute Gasteiger partial charge is 0.114 e. The fraction of sp³-hybridized carbons (Fsp3) is 1.00. The predicted octanol–water partition coefficient (Wildman–Crippen LogP) is 5.57. The third-order valence-corrected chi connectivity index (χ3v) is 4.18. The zero-order chi connectivity index (χ0) is 14.0. The molecule has 104 valence electrons. The summed E-state index contributed by atoms with van der Waals surface area (Å²) in [5, 5.41) is 0. The molecular weight excluding hydrogens is 211 g/mol. The van der Waals surface area contributed by atoms with Crippen LogP contribution in [-0.4, -0.2) is 5.67 Å². The molecule has 0 aliphatic rings. The maximum absolute atomic E-state index is 15.4. The Labute approximate surface area is 108 Å². The van der Waals surface area contributed by atoms with E-state index in [2.05, 4.69) is 55.4 Å². The van der Waals surface area contributed by atoms with Gasteiger partial charge in [0.2, 0.25) is 0 Å². The summed E-state index contributed by atoms with van der Waals surface area (Å²) in [6, 6.07) is 0. The van der Waals surface area contributed by atoms with E-state index in [1.165, 1.54) is 0 Å². The van der Waals surface area contributed by atoms with Crippen LogP contribution >= 0.6 is 0 Å². The Bertz CT molecular complexity index is 176. The Morgan fingerprint density at radius 2 is 0.765 bits per heavy atom. The zero-order valence-electron chi connectivity index (χ0n) is 13.3. The highest BCUT2D eigenvalue weighted by molar-refractivity contribution is 4.94. The largest absolute Gasteiger partial charge is 0.244 e. The SMILES string of the molecule is CC(C)C(C(C)C)C(C)(F)C(C(C)C)C(C)C. The monoisotopic (exact) mass is 244 g/mol. The maximum atomic E-state index is 15.4. The minimum atomic E-state index is -1.08. The van der Waals surface area contributed by atoms with Crippen molar-refractivity contribution in [2.24, 2.45) is 35.5 Å². The van der Waals surface area contributed by atoms with Crippen molar-refractivity contribution in [2.75, 3.05) is 0 Å². The summed E-state index contributed by atoms with van der Waals surface area (Å²) in [4.78, 5) is 0. The van der Waals surface area contributed by atoms with E-state index < -0.39 is 5.67 Å². The molecule has 0 aromatic heterocycles. The molecule has 0 saturated heterocycles. The number of halogens is 1. The van der Waals surface area contributed by atoms with Crippen molar-refractivity contribution in [2.45, 2.75) is 68.0 Å². The molecule has 0 unspecified atom stereocenters. The average molecular weight is 244 g/mol. The summed E-state index contributed by atoms with van der Waals surface area (Å²) in [6.45, 7) is 19.1. The van der Waals surface area contributed by atoms with Crippen molar-refractivity contribution < 1.29 is 4.39 Å². The van der Waals surface area contributed by atoms with Gasteiger partial charge < -0.3 is 0 Å². The molecule has 0 saturated carbocycles. The molecule has 0 N–H and O–H groups in total. The highest BCUT2D eigenvalue weighted by Crippen LogP contribution is 2.45. The fourth-order valence-electron chi connectivity index (χ4n) is 4.37. The van der Waals surface area contributed by atoms with E-state index in [0.717, 1.165) is 0 Å². The Hall–Kier alpha value is -0.0700. The van der Waals surface area contributed by atoms with Gasteiger partial charge in [0.15, 0.2) is 0 Å². The zero-order valence-corrected chi connectivity index (χ0v) is 13.3. The van der Waals surface area contributed by atoms with Crippen molar-refractivity contribution in [3.63, 3.8) is 0 Å². The highest BCUT2D eigenvalue weighted by atomic mass is 19.1. The molecule has 0 atom stereocenters. The van der Waals surface area contributed by atoms with Gasteiger partial charge in [-0.3, -0.25) is 0 Å². The molecule has 0 aromatic rings. The third kappa shape index (κ3) is 3.96. The summed E-state index contributed by atoms with van der Waals surface area (Å²) < 4.78 is 15.4. The molecule has 17 heavy (non-hydrogen) atoms. The molecule has 1 heteroatoms. The van der Waals surface area contributed by atoms with E-state index >= 15 is 4.39 Å². The number of hydrogen-bond acceptors (Lipinski definition) is 0. The van der Waals surface area contributed by atoms with Crippen LogP contribution in [0.5, 0.6) is 0 Å². The van der Waals surface area contributed by atoms with Gasteiger partial charge in [-0.05, 0) is 42.4 Å². The molecule has 0 aromatic carbocycles. The first-order valence-corrected chi connectivity index (χ1v) is 7.22. The lowest BCUT2D eigenvalue weighted by Crippen LogP contribution is -2.47. The predicted molar refractivity (Wildman–Crippen MR) is 75.8 cm³/mol. The first-order chi connectivity index (χ1) is 7.53. The Morgan fingerprint density at radius 1 is 0.588 bits per heavy atom. The molecule has 0 aliphatic carbocycles. The molecule has 0 aliphatic heterocycles. The molecular formula is C16H33F. The van der Waals surface area contributed by atoms with Gasteiger partial charge in [-0.15, -0.1) is 0 Å². The van der Waals surface area contributed by atoms with Crippen LogP contribution in [0.15, 0.2) is 0 Å². The summed E-state index contributed by atoms with van der Waals surface area (Å²) >= 11 is 0. The van der Waals surface area contributed by atoms with Gasteiger partial charge in [0.05, 0.1) is 0 Å². The van der Waals surface area contributed by atoms with Crippen LogP contribution in [0.1, 0.15) is 62.3 Å². The van der Waals surface area contributed by atoms with Crippen molar-refractivity contribution in [3.8, 4) is 0 Å². The molecule has 0 bridgehead atoms. The molecule has 0 rings (SSSR count). The van der Waals surface area contributed by atoms with E-state index in [1.807, 2.05) is 6.92 Å². The minimum Gasteiger partial charge on any atom is -0.244 e. The average Bonchev–Trinajstić information content (AvgIpc) is 1.96. The number of hydrogen-bond donors (Lipinski definition) is 0. The second-order valence-corrected chi connectivity index (χ2v) is 7.18. The maximum Gasteiger partial charge on any atom is 0.114 e. The second kappa shape index (κ2) is 6.20. The van der Waals surface area contributed by atoms with Crippen molar-refractivity contribution >= 4 is 0 Å². The molecule has 0 spiro atoms. The first kappa shape index (κ1) is 16.9. The topological polar surface area (TPSA) is 0 Å². The van der Waals surface area contributed by atoms with Crippen molar-refractivity contribution in [1.82, 2.24) is 0 Å². The van der Waals surface area contributed by atoms with E-state index in [-0.39, 0.29) is 11.8 Å². The minimum absolute atomic E-state index is 0.136. The normalized spacial score (nSPS) is 14.1. The summed E-state index contributed by atoms with van der Waals surface area (Å²) in [5.41, 5.74) is -1.08. The molecule has 0 heterocycles. The number of alkyl halides is 1. The van der Waals surface area contributed by atoms with Gasteiger partial charge in [-0.2, -0.15) is 0 Å². The standard InChI is InChI=1S/C16H33F/c1-10(2)14(11(3)4)16(9,17)15(12(5)6)13(7)8/h10-15H,1-9H3. The van der Waals surface area contributed by atoms with Crippen LogP contribution in [-0.2, 0) is 0 Å². The van der Waals surface area contributed by atoms with E-state index in [0.29, 0.717) is 23.7 Å². The number of rotatable bonds is 6. The molecule has 0 nitrogen and oxygen atoms in total. The van der Waals surface area contributed by atoms with Gasteiger partial charge in [0, 0.05) is 0 Å². The van der Waals surface area contributed by atoms with Crippen molar-refractivity contribution in [3.05, 3.63) is 0 Å². The van der Waals surface area contributed by atoms with E-state index in [1.54, 1.807) is 0 Å². The molecule has 0 fully saturated rings.